The van der Waals surface area contributed by atoms with Crippen LogP contribution in [0.1, 0.15) is 17.6 Å². The average Bonchev–Trinajstić information content (AvgIpc) is 2.36. The summed E-state index contributed by atoms with van der Waals surface area (Å²) in [4.78, 5) is 14.4. The first-order valence-corrected chi connectivity index (χ1v) is 3.40. The Morgan fingerprint density at radius 1 is 1.91 bits per heavy atom. The molecule has 0 unspecified atom stereocenters. The monoisotopic (exact) mass is 175 g/mol. The van der Waals surface area contributed by atoms with Crippen molar-refractivity contribution >= 4 is 17.6 Å². The molecule has 5 heteroatoms. The van der Waals surface area contributed by atoms with E-state index in [1.54, 1.807) is 6.92 Å². The van der Waals surface area contributed by atoms with E-state index in [1.165, 1.54) is 6.26 Å². The number of rotatable bonds is 2. The molecule has 1 rings (SSSR count). The molecule has 0 spiro atoms. The van der Waals surface area contributed by atoms with E-state index in [0.717, 1.165) is 0 Å². The summed E-state index contributed by atoms with van der Waals surface area (Å²) in [6.07, 6.45) is 1.17. The highest BCUT2D eigenvalue weighted by atomic mass is 35.5. The minimum Gasteiger partial charge on any atom is -0.459 e. The molecule has 0 bridgehead atoms. The number of carbonyl (C=O) groups excluding carboxylic acids is 1. The summed E-state index contributed by atoms with van der Waals surface area (Å²) in [6, 6.07) is 0. The van der Waals surface area contributed by atoms with Gasteiger partial charge in [0.05, 0.1) is 6.61 Å². The zero-order valence-electron chi connectivity index (χ0n) is 5.83. The van der Waals surface area contributed by atoms with Crippen LogP contribution in [0.3, 0.4) is 0 Å². The van der Waals surface area contributed by atoms with Gasteiger partial charge in [-0.1, -0.05) is 11.6 Å². The molecule has 11 heavy (non-hydrogen) atoms. The lowest BCUT2D eigenvalue weighted by atomic mass is 10.7. The molecule has 0 aliphatic carbocycles. The lowest BCUT2D eigenvalue weighted by Crippen LogP contribution is -2.04. The molecule has 1 heterocycles. The number of halogens is 1. The van der Waals surface area contributed by atoms with Crippen molar-refractivity contribution in [3.63, 3.8) is 0 Å². The number of nitrogens with zero attached hydrogens (tertiary/aromatic N) is 1. The van der Waals surface area contributed by atoms with Crippen LogP contribution in [-0.2, 0) is 4.74 Å². The third-order valence-corrected chi connectivity index (χ3v) is 1.10. The highest BCUT2D eigenvalue weighted by Crippen LogP contribution is 2.07. The highest BCUT2D eigenvalue weighted by Gasteiger charge is 2.12. The van der Waals surface area contributed by atoms with Crippen molar-refractivity contribution in [2.24, 2.45) is 0 Å². The first-order chi connectivity index (χ1) is 5.24. The first kappa shape index (κ1) is 8.07. The van der Waals surface area contributed by atoms with Crippen molar-refractivity contribution in [3.8, 4) is 0 Å². The Kier molecular flexibility index (Phi) is 2.48. The van der Waals surface area contributed by atoms with Crippen LogP contribution in [0.15, 0.2) is 10.7 Å². The van der Waals surface area contributed by atoms with Gasteiger partial charge in [-0.3, -0.25) is 0 Å². The second-order valence-electron chi connectivity index (χ2n) is 1.70. The molecule has 0 N–H and O–H groups in total. The molecular weight excluding hydrogens is 170 g/mol. The van der Waals surface area contributed by atoms with Crippen molar-refractivity contribution < 1.29 is 13.9 Å². The molecule has 0 saturated carbocycles. The summed E-state index contributed by atoms with van der Waals surface area (Å²) in [5, 5.41) is 0.146. The van der Waals surface area contributed by atoms with Crippen molar-refractivity contribution in [2.75, 3.05) is 6.61 Å². The second-order valence-corrected chi connectivity index (χ2v) is 2.08. The maximum Gasteiger partial charge on any atom is 0.394 e. The van der Waals surface area contributed by atoms with E-state index < -0.39 is 5.97 Å². The summed E-state index contributed by atoms with van der Waals surface area (Å²) in [5.41, 5.74) is 0. The quantitative estimate of drug-likeness (QED) is 0.640. The van der Waals surface area contributed by atoms with E-state index in [-0.39, 0.29) is 11.0 Å². The Labute approximate surface area is 68.1 Å². The van der Waals surface area contributed by atoms with Crippen molar-refractivity contribution in [2.45, 2.75) is 6.92 Å². The van der Waals surface area contributed by atoms with Crippen LogP contribution >= 0.6 is 11.6 Å². The summed E-state index contributed by atoms with van der Waals surface area (Å²) < 4.78 is 9.25. The number of hydrogen-bond acceptors (Lipinski definition) is 4. The fourth-order valence-electron chi connectivity index (χ4n) is 0.541. The van der Waals surface area contributed by atoms with E-state index in [0.29, 0.717) is 6.61 Å². The van der Waals surface area contributed by atoms with Crippen LogP contribution in [0.5, 0.6) is 0 Å². The third-order valence-electron chi connectivity index (χ3n) is 0.926. The van der Waals surface area contributed by atoms with Crippen LogP contribution in [0, 0.1) is 0 Å². The fraction of sp³-hybridized carbons (Fsp3) is 0.333. The van der Waals surface area contributed by atoms with E-state index >= 15 is 0 Å². The predicted octanol–water partition coefficient (Wildman–Crippen LogP) is 1.50. The Bertz CT molecular complexity index is 258. The van der Waals surface area contributed by atoms with Gasteiger partial charge in [0.25, 0.3) is 0 Å². The van der Waals surface area contributed by atoms with Gasteiger partial charge in [0.15, 0.2) is 5.15 Å². The maximum absolute atomic E-state index is 10.8. The number of esters is 1. The number of hydrogen-bond donors (Lipinski definition) is 0. The van der Waals surface area contributed by atoms with Gasteiger partial charge in [-0.15, -0.1) is 0 Å². The molecule has 0 radical (unpaired) electrons. The number of aromatic nitrogens is 1. The maximum atomic E-state index is 10.8. The van der Waals surface area contributed by atoms with Crippen LogP contribution in [-0.4, -0.2) is 17.6 Å². The number of oxazole rings is 1. The Hall–Kier alpha value is -1.03. The van der Waals surface area contributed by atoms with Gasteiger partial charge in [-0.05, 0) is 6.92 Å². The van der Waals surface area contributed by atoms with Crippen molar-refractivity contribution in [3.05, 3.63) is 17.3 Å². The van der Waals surface area contributed by atoms with E-state index in [4.69, 9.17) is 11.6 Å². The first-order valence-electron chi connectivity index (χ1n) is 3.02. The molecule has 0 fully saturated rings. The molecule has 0 aromatic carbocycles. The molecule has 0 amide bonds. The van der Waals surface area contributed by atoms with Gasteiger partial charge in [0.2, 0.25) is 0 Å². The Morgan fingerprint density at radius 2 is 2.64 bits per heavy atom. The van der Waals surface area contributed by atoms with Crippen molar-refractivity contribution in [1.82, 2.24) is 4.98 Å². The van der Waals surface area contributed by atoms with Gasteiger partial charge in [0.1, 0.15) is 6.26 Å². The standard InChI is InChI=1S/C6H6ClNO3/c1-2-10-6(9)5-8-4(7)3-11-5/h3H,2H2,1H3. The average molecular weight is 176 g/mol. The number of ether oxygens (including phenoxy) is 1. The van der Waals surface area contributed by atoms with Crippen molar-refractivity contribution in [1.29, 1.82) is 0 Å². The minimum atomic E-state index is -0.598. The minimum absolute atomic E-state index is 0.114. The highest BCUT2D eigenvalue weighted by molar-refractivity contribution is 6.29. The molecule has 0 atom stereocenters. The zero-order chi connectivity index (χ0) is 8.27. The Balaban J connectivity index is 2.69. The molecular formula is C6H6ClNO3. The van der Waals surface area contributed by atoms with E-state index in [2.05, 4.69) is 14.1 Å². The largest absolute Gasteiger partial charge is 0.459 e. The molecule has 4 nitrogen and oxygen atoms in total. The predicted molar refractivity (Wildman–Crippen MR) is 37.5 cm³/mol. The third kappa shape index (κ3) is 1.94. The zero-order valence-corrected chi connectivity index (χ0v) is 6.59. The molecule has 60 valence electrons. The van der Waals surface area contributed by atoms with Gasteiger partial charge < -0.3 is 9.15 Å². The molecule has 1 aromatic heterocycles. The van der Waals surface area contributed by atoms with E-state index in [1.807, 2.05) is 0 Å². The summed E-state index contributed by atoms with van der Waals surface area (Å²) in [7, 11) is 0. The van der Waals surface area contributed by atoms with Gasteiger partial charge in [-0.25, -0.2) is 4.79 Å². The lowest BCUT2D eigenvalue weighted by molar-refractivity contribution is 0.0481. The fourth-order valence-corrected chi connectivity index (χ4v) is 0.662. The second kappa shape index (κ2) is 3.39. The smallest absolute Gasteiger partial charge is 0.394 e. The van der Waals surface area contributed by atoms with Gasteiger partial charge in [-0.2, -0.15) is 4.98 Å². The van der Waals surface area contributed by atoms with E-state index in [9.17, 15) is 4.79 Å². The normalized spacial score (nSPS) is 9.64. The molecule has 0 aliphatic rings. The number of carbonyl (C=O) groups is 1. The molecule has 1 aromatic rings. The van der Waals surface area contributed by atoms with Gasteiger partial charge >= 0.3 is 11.9 Å². The van der Waals surface area contributed by atoms with Crippen LogP contribution in [0.2, 0.25) is 5.15 Å². The summed E-state index contributed by atoms with van der Waals surface area (Å²) in [6.45, 7) is 1.99. The van der Waals surface area contributed by atoms with Crippen LogP contribution in [0.25, 0.3) is 0 Å². The summed E-state index contributed by atoms with van der Waals surface area (Å²) in [5.74, 6) is -0.712. The topological polar surface area (TPSA) is 52.3 Å². The van der Waals surface area contributed by atoms with Crippen LogP contribution < -0.4 is 0 Å². The van der Waals surface area contributed by atoms with Crippen LogP contribution in [0.4, 0.5) is 0 Å². The Morgan fingerprint density at radius 3 is 3.09 bits per heavy atom. The molecule has 0 saturated heterocycles. The lowest BCUT2D eigenvalue weighted by Gasteiger charge is -1.93. The van der Waals surface area contributed by atoms with Gasteiger partial charge in [0, 0.05) is 0 Å². The SMILES string of the molecule is CCOC(=O)c1nc(Cl)co1. The molecule has 0 aliphatic heterocycles. The summed E-state index contributed by atoms with van der Waals surface area (Å²) >= 11 is 5.39.